The fourth-order valence-electron chi connectivity index (χ4n) is 2.02. The van der Waals surface area contributed by atoms with Crippen molar-refractivity contribution >= 4 is 12.6 Å². The normalized spacial score (nSPS) is 15.2. The van der Waals surface area contributed by atoms with Gasteiger partial charge in [0.2, 0.25) is 0 Å². The van der Waals surface area contributed by atoms with E-state index in [0.717, 1.165) is 5.75 Å². The SMILES string of the molecule is CCCCCCC(CCCC)C(N)CS. The molecule has 1 nitrogen and oxygen atoms in total. The molecule has 0 rings (SSSR count). The predicted molar refractivity (Wildman–Crippen MR) is 73.6 cm³/mol. The zero-order chi connectivity index (χ0) is 11.5. The van der Waals surface area contributed by atoms with Crippen molar-refractivity contribution in [3.05, 3.63) is 0 Å². The minimum Gasteiger partial charge on any atom is -0.327 e. The van der Waals surface area contributed by atoms with Crippen LogP contribution in [0.3, 0.4) is 0 Å². The first-order valence-corrected chi connectivity index (χ1v) is 7.25. The van der Waals surface area contributed by atoms with E-state index in [1.165, 1.54) is 51.4 Å². The van der Waals surface area contributed by atoms with Crippen LogP contribution in [0, 0.1) is 5.92 Å². The van der Waals surface area contributed by atoms with Crippen LogP contribution in [0.4, 0.5) is 0 Å². The lowest BCUT2D eigenvalue weighted by Crippen LogP contribution is -2.31. The molecule has 0 saturated heterocycles. The number of hydrogen-bond donors (Lipinski definition) is 2. The highest BCUT2D eigenvalue weighted by atomic mass is 32.1. The van der Waals surface area contributed by atoms with E-state index >= 15 is 0 Å². The van der Waals surface area contributed by atoms with E-state index in [0.29, 0.717) is 12.0 Å². The fourth-order valence-corrected chi connectivity index (χ4v) is 2.32. The predicted octanol–water partition coefficient (Wildman–Crippen LogP) is 4.02. The Bertz CT molecular complexity index is 128. The van der Waals surface area contributed by atoms with E-state index in [9.17, 15) is 0 Å². The van der Waals surface area contributed by atoms with Crippen LogP contribution in [-0.2, 0) is 0 Å². The molecule has 0 aromatic carbocycles. The molecule has 0 amide bonds. The van der Waals surface area contributed by atoms with Crippen LogP contribution < -0.4 is 5.73 Å². The van der Waals surface area contributed by atoms with Crippen molar-refractivity contribution in [2.75, 3.05) is 5.75 Å². The van der Waals surface area contributed by atoms with E-state index < -0.39 is 0 Å². The van der Waals surface area contributed by atoms with Crippen LogP contribution in [0.15, 0.2) is 0 Å². The molecule has 0 aliphatic rings. The van der Waals surface area contributed by atoms with Gasteiger partial charge in [-0.1, -0.05) is 52.4 Å². The van der Waals surface area contributed by atoms with Crippen LogP contribution in [0.5, 0.6) is 0 Å². The van der Waals surface area contributed by atoms with Gasteiger partial charge in [-0.2, -0.15) is 12.6 Å². The van der Waals surface area contributed by atoms with E-state index in [2.05, 4.69) is 26.5 Å². The van der Waals surface area contributed by atoms with Gasteiger partial charge in [-0.15, -0.1) is 0 Å². The van der Waals surface area contributed by atoms with Gasteiger partial charge >= 0.3 is 0 Å². The van der Waals surface area contributed by atoms with Crippen LogP contribution in [-0.4, -0.2) is 11.8 Å². The highest BCUT2D eigenvalue weighted by Crippen LogP contribution is 2.20. The second-order valence-corrected chi connectivity index (χ2v) is 4.96. The highest BCUT2D eigenvalue weighted by Gasteiger charge is 2.15. The Kier molecular flexibility index (Phi) is 11.0. The number of thiol groups is 1. The summed E-state index contributed by atoms with van der Waals surface area (Å²) in [7, 11) is 0. The molecule has 0 heterocycles. The third kappa shape index (κ3) is 8.15. The van der Waals surface area contributed by atoms with Crippen LogP contribution in [0.1, 0.15) is 65.2 Å². The van der Waals surface area contributed by atoms with Gasteiger partial charge in [0.25, 0.3) is 0 Å². The first-order chi connectivity index (χ1) is 7.26. The quantitative estimate of drug-likeness (QED) is 0.431. The summed E-state index contributed by atoms with van der Waals surface area (Å²) in [4.78, 5) is 0. The molecular weight excluding hydrogens is 202 g/mol. The Hall–Kier alpha value is 0.310. The largest absolute Gasteiger partial charge is 0.327 e. The first-order valence-electron chi connectivity index (χ1n) is 6.62. The molecule has 0 radical (unpaired) electrons. The molecule has 0 fully saturated rings. The van der Waals surface area contributed by atoms with E-state index in [1.54, 1.807) is 0 Å². The van der Waals surface area contributed by atoms with Gasteiger partial charge in [0, 0.05) is 11.8 Å². The molecule has 2 atom stereocenters. The molecule has 92 valence electrons. The summed E-state index contributed by atoms with van der Waals surface area (Å²) < 4.78 is 0. The average molecular weight is 231 g/mol. The van der Waals surface area contributed by atoms with Crippen molar-refractivity contribution in [3.63, 3.8) is 0 Å². The lowest BCUT2D eigenvalue weighted by Gasteiger charge is -2.22. The number of unbranched alkanes of at least 4 members (excludes halogenated alkanes) is 4. The van der Waals surface area contributed by atoms with Gasteiger partial charge < -0.3 is 5.73 Å². The third-order valence-electron chi connectivity index (χ3n) is 3.17. The molecule has 0 aromatic heterocycles. The lowest BCUT2D eigenvalue weighted by molar-refractivity contribution is 0.364. The lowest BCUT2D eigenvalue weighted by atomic mass is 9.90. The Balaban J connectivity index is 3.69. The summed E-state index contributed by atoms with van der Waals surface area (Å²) in [6, 6.07) is 0.307. The fraction of sp³-hybridized carbons (Fsp3) is 1.00. The molecule has 0 aliphatic carbocycles. The molecule has 2 N–H and O–H groups in total. The zero-order valence-corrected chi connectivity index (χ0v) is 11.4. The Morgan fingerprint density at radius 3 is 2.07 bits per heavy atom. The number of hydrogen-bond acceptors (Lipinski definition) is 2. The van der Waals surface area contributed by atoms with E-state index in [4.69, 9.17) is 5.73 Å². The maximum atomic E-state index is 6.10. The van der Waals surface area contributed by atoms with E-state index in [1.807, 2.05) is 0 Å². The second kappa shape index (κ2) is 10.8. The van der Waals surface area contributed by atoms with Gasteiger partial charge in [-0.3, -0.25) is 0 Å². The summed E-state index contributed by atoms with van der Waals surface area (Å²) in [5.74, 6) is 1.54. The molecule has 0 saturated carbocycles. The van der Waals surface area contributed by atoms with Crippen molar-refractivity contribution in [2.45, 2.75) is 71.3 Å². The molecule has 2 heteroatoms. The summed E-state index contributed by atoms with van der Waals surface area (Å²) in [6.07, 6.45) is 10.6. The smallest absolute Gasteiger partial charge is 0.0156 e. The molecule has 15 heavy (non-hydrogen) atoms. The van der Waals surface area contributed by atoms with E-state index in [-0.39, 0.29) is 0 Å². The standard InChI is InChI=1S/C13H29NS/c1-3-5-7-8-10-12(9-6-4-2)13(14)11-15/h12-13,15H,3-11,14H2,1-2H3. The maximum absolute atomic E-state index is 6.10. The third-order valence-corrected chi connectivity index (χ3v) is 3.59. The van der Waals surface area contributed by atoms with Crippen molar-refractivity contribution in [2.24, 2.45) is 11.7 Å². The first kappa shape index (κ1) is 15.3. The van der Waals surface area contributed by atoms with Gasteiger partial charge in [0.15, 0.2) is 0 Å². The highest BCUT2D eigenvalue weighted by molar-refractivity contribution is 7.80. The van der Waals surface area contributed by atoms with Crippen molar-refractivity contribution in [1.29, 1.82) is 0 Å². The summed E-state index contributed by atoms with van der Waals surface area (Å²) in [6.45, 7) is 4.51. The minimum atomic E-state index is 0.307. The van der Waals surface area contributed by atoms with Crippen LogP contribution in [0.2, 0.25) is 0 Å². The monoisotopic (exact) mass is 231 g/mol. The summed E-state index contributed by atoms with van der Waals surface area (Å²) in [5, 5.41) is 0. The van der Waals surface area contributed by atoms with Crippen molar-refractivity contribution < 1.29 is 0 Å². The Morgan fingerprint density at radius 1 is 0.933 bits per heavy atom. The Labute approximate surface area is 102 Å². The van der Waals surface area contributed by atoms with Crippen LogP contribution >= 0.6 is 12.6 Å². The molecular formula is C13H29NS. The molecule has 0 bridgehead atoms. The van der Waals surface area contributed by atoms with Crippen molar-refractivity contribution in [1.82, 2.24) is 0 Å². The molecule has 0 spiro atoms. The molecule has 0 aliphatic heterocycles. The minimum absolute atomic E-state index is 0.307. The number of nitrogens with two attached hydrogens (primary N) is 1. The van der Waals surface area contributed by atoms with Gasteiger partial charge in [0.05, 0.1) is 0 Å². The van der Waals surface area contributed by atoms with Crippen LogP contribution in [0.25, 0.3) is 0 Å². The maximum Gasteiger partial charge on any atom is 0.0156 e. The number of rotatable bonds is 10. The average Bonchev–Trinajstić information content (AvgIpc) is 2.27. The molecule has 0 aromatic rings. The van der Waals surface area contributed by atoms with Gasteiger partial charge in [-0.05, 0) is 18.8 Å². The molecule has 2 unspecified atom stereocenters. The van der Waals surface area contributed by atoms with Crippen molar-refractivity contribution in [3.8, 4) is 0 Å². The zero-order valence-electron chi connectivity index (χ0n) is 10.5. The summed E-state index contributed by atoms with van der Waals surface area (Å²) >= 11 is 4.32. The summed E-state index contributed by atoms with van der Waals surface area (Å²) in [5.41, 5.74) is 6.10. The topological polar surface area (TPSA) is 26.0 Å². The van der Waals surface area contributed by atoms with Gasteiger partial charge in [-0.25, -0.2) is 0 Å². The Morgan fingerprint density at radius 2 is 1.53 bits per heavy atom. The second-order valence-electron chi connectivity index (χ2n) is 4.60. The van der Waals surface area contributed by atoms with Gasteiger partial charge in [0.1, 0.15) is 0 Å².